The Morgan fingerprint density at radius 1 is 1.16 bits per heavy atom. The standard InChI is InChI=1S/C27H32F4N4O3/c1-15-18(5-3-6-19(15)27(29,30)31)23(17-7-8-17)34-24-22(25-37-11-4-12-38-25)20(32-16(2)33-24)13-21(36)35-26(14-28)9-10-26/h3,5-6,17,23,25H,4,7-14H2,1-2H3,(H,35,36)(H,32,33,34). The maximum atomic E-state index is 13.7. The lowest BCUT2D eigenvalue weighted by Crippen LogP contribution is -2.39. The molecule has 206 valence electrons. The fraction of sp³-hybridized carbons (Fsp3) is 0.593. The average molecular weight is 537 g/mol. The van der Waals surface area contributed by atoms with Crippen LogP contribution in [0.15, 0.2) is 18.2 Å². The van der Waals surface area contributed by atoms with E-state index < -0.39 is 36.3 Å². The van der Waals surface area contributed by atoms with Crippen LogP contribution in [0.25, 0.3) is 0 Å². The Morgan fingerprint density at radius 3 is 2.47 bits per heavy atom. The zero-order chi connectivity index (χ0) is 27.1. The van der Waals surface area contributed by atoms with Gasteiger partial charge in [0, 0.05) is 0 Å². The van der Waals surface area contributed by atoms with Gasteiger partial charge in [0.2, 0.25) is 5.91 Å². The van der Waals surface area contributed by atoms with Crippen molar-refractivity contribution in [3.05, 3.63) is 52.0 Å². The van der Waals surface area contributed by atoms with Crippen molar-refractivity contribution in [1.82, 2.24) is 15.3 Å². The highest BCUT2D eigenvalue weighted by atomic mass is 19.4. The van der Waals surface area contributed by atoms with E-state index in [9.17, 15) is 22.4 Å². The Balaban J connectivity index is 1.52. The van der Waals surface area contributed by atoms with Gasteiger partial charge in [0.05, 0.1) is 48.0 Å². The number of alkyl halides is 4. The molecule has 2 heterocycles. The first-order valence-corrected chi connectivity index (χ1v) is 13.0. The largest absolute Gasteiger partial charge is 0.416 e. The van der Waals surface area contributed by atoms with E-state index in [1.807, 2.05) is 0 Å². The van der Waals surface area contributed by atoms with Gasteiger partial charge in [0.15, 0.2) is 6.29 Å². The van der Waals surface area contributed by atoms with Crippen LogP contribution in [0, 0.1) is 19.8 Å². The third-order valence-corrected chi connectivity index (χ3v) is 7.44. The highest BCUT2D eigenvalue weighted by molar-refractivity contribution is 5.80. The maximum Gasteiger partial charge on any atom is 0.416 e. The number of aryl methyl sites for hydroxylation is 1. The summed E-state index contributed by atoms with van der Waals surface area (Å²) in [5, 5.41) is 6.17. The van der Waals surface area contributed by atoms with Crippen LogP contribution in [0.1, 0.15) is 78.2 Å². The number of amides is 1. The number of nitrogens with zero attached hydrogens (tertiary/aromatic N) is 2. The van der Waals surface area contributed by atoms with Crippen molar-refractivity contribution in [2.45, 2.75) is 76.4 Å². The van der Waals surface area contributed by atoms with Crippen molar-refractivity contribution >= 4 is 11.7 Å². The summed E-state index contributed by atoms with van der Waals surface area (Å²) in [4.78, 5) is 22.0. The van der Waals surface area contributed by atoms with Crippen LogP contribution < -0.4 is 10.6 Å². The minimum absolute atomic E-state index is 0.125. The molecule has 1 aromatic heterocycles. The smallest absolute Gasteiger partial charge is 0.362 e. The lowest BCUT2D eigenvalue weighted by molar-refractivity contribution is -0.183. The Labute approximate surface area is 218 Å². The van der Waals surface area contributed by atoms with E-state index in [-0.39, 0.29) is 23.8 Å². The van der Waals surface area contributed by atoms with E-state index in [1.54, 1.807) is 13.0 Å². The molecule has 38 heavy (non-hydrogen) atoms. The number of aromatic nitrogens is 2. The number of anilines is 1. The third kappa shape index (κ3) is 5.78. The first kappa shape index (κ1) is 26.8. The van der Waals surface area contributed by atoms with E-state index >= 15 is 0 Å². The second-order valence-corrected chi connectivity index (χ2v) is 10.5. The molecule has 1 aromatic carbocycles. The number of hydrogen-bond donors (Lipinski definition) is 2. The van der Waals surface area contributed by atoms with E-state index in [4.69, 9.17) is 9.47 Å². The van der Waals surface area contributed by atoms with Gasteiger partial charge in [-0.15, -0.1) is 0 Å². The zero-order valence-electron chi connectivity index (χ0n) is 21.5. The Bertz CT molecular complexity index is 1190. The minimum Gasteiger partial charge on any atom is -0.362 e. The van der Waals surface area contributed by atoms with Gasteiger partial charge in [0.25, 0.3) is 0 Å². The molecule has 5 rings (SSSR count). The Hall–Kier alpha value is -2.79. The van der Waals surface area contributed by atoms with Crippen molar-refractivity contribution in [3.8, 4) is 0 Å². The fourth-order valence-corrected chi connectivity index (χ4v) is 5.05. The molecule has 7 nitrogen and oxygen atoms in total. The van der Waals surface area contributed by atoms with Gasteiger partial charge in [0.1, 0.15) is 18.3 Å². The lowest BCUT2D eigenvalue weighted by atomic mass is 9.93. The number of carbonyl (C=O) groups excluding carboxylic acids is 1. The van der Waals surface area contributed by atoms with E-state index in [0.29, 0.717) is 60.9 Å². The van der Waals surface area contributed by atoms with Crippen molar-refractivity contribution in [2.75, 3.05) is 25.2 Å². The van der Waals surface area contributed by atoms with E-state index in [0.717, 1.165) is 18.9 Å². The predicted molar refractivity (Wildman–Crippen MR) is 131 cm³/mol. The minimum atomic E-state index is -4.46. The third-order valence-electron chi connectivity index (χ3n) is 7.44. The molecule has 2 aromatic rings. The second kappa shape index (κ2) is 10.4. The summed E-state index contributed by atoms with van der Waals surface area (Å²) in [6.07, 6.45) is -1.82. The second-order valence-electron chi connectivity index (χ2n) is 10.5. The molecule has 2 N–H and O–H groups in total. The number of benzene rings is 1. The predicted octanol–water partition coefficient (Wildman–Crippen LogP) is 5.27. The first-order valence-electron chi connectivity index (χ1n) is 13.0. The zero-order valence-corrected chi connectivity index (χ0v) is 21.5. The van der Waals surface area contributed by atoms with Crippen LogP contribution in [-0.4, -0.2) is 41.3 Å². The van der Waals surface area contributed by atoms with Crippen LogP contribution in [0.2, 0.25) is 0 Å². The van der Waals surface area contributed by atoms with Crippen LogP contribution in [-0.2, 0) is 26.9 Å². The summed E-state index contributed by atoms with van der Waals surface area (Å²) in [6, 6.07) is 3.79. The van der Waals surface area contributed by atoms with Crippen molar-refractivity contribution in [1.29, 1.82) is 0 Å². The molecule has 0 spiro atoms. The highest BCUT2D eigenvalue weighted by Gasteiger charge is 2.44. The van der Waals surface area contributed by atoms with E-state index in [2.05, 4.69) is 20.6 Å². The molecule has 1 amide bonds. The SMILES string of the molecule is Cc1nc(CC(=O)NC2(CF)CC2)c(C2OCCCO2)c(NC(c2cccc(C(F)(F)F)c2C)C2CC2)n1. The summed E-state index contributed by atoms with van der Waals surface area (Å²) in [7, 11) is 0. The molecule has 3 fully saturated rings. The molecule has 2 aliphatic carbocycles. The Morgan fingerprint density at radius 2 is 1.87 bits per heavy atom. The molecule has 0 bridgehead atoms. The van der Waals surface area contributed by atoms with E-state index in [1.165, 1.54) is 13.0 Å². The van der Waals surface area contributed by atoms with Crippen molar-refractivity contribution in [3.63, 3.8) is 0 Å². The maximum absolute atomic E-state index is 13.7. The van der Waals surface area contributed by atoms with Gasteiger partial charge < -0.3 is 20.1 Å². The van der Waals surface area contributed by atoms with Gasteiger partial charge in [-0.25, -0.2) is 14.4 Å². The number of nitrogens with one attached hydrogen (secondary N) is 2. The van der Waals surface area contributed by atoms with Crippen LogP contribution >= 0.6 is 0 Å². The quantitative estimate of drug-likeness (QED) is 0.425. The summed E-state index contributed by atoms with van der Waals surface area (Å²) >= 11 is 0. The summed E-state index contributed by atoms with van der Waals surface area (Å²) in [6.45, 7) is 3.42. The first-order chi connectivity index (χ1) is 18.1. The van der Waals surface area contributed by atoms with Gasteiger partial charge in [-0.1, -0.05) is 12.1 Å². The summed E-state index contributed by atoms with van der Waals surface area (Å²) in [5.41, 5.74) is 0.0892. The molecule has 11 heteroatoms. The lowest BCUT2D eigenvalue weighted by Gasteiger charge is -2.29. The molecule has 1 unspecified atom stereocenters. The van der Waals surface area contributed by atoms with Crippen molar-refractivity contribution < 1.29 is 31.8 Å². The van der Waals surface area contributed by atoms with Gasteiger partial charge in [-0.2, -0.15) is 13.2 Å². The Kier molecular flexibility index (Phi) is 7.34. The number of carbonyl (C=O) groups is 1. The summed E-state index contributed by atoms with van der Waals surface area (Å²) < 4.78 is 66.2. The molecule has 1 atom stereocenters. The molecule has 0 radical (unpaired) electrons. The summed E-state index contributed by atoms with van der Waals surface area (Å²) in [5.74, 6) is 0.512. The average Bonchev–Trinajstić information content (AvgIpc) is 3.79. The number of halogens is 4. The van der Waals surface area contributed by atoms with Crippen LogP contribution in [0.4, 0.5) is 23.4 Å². The van der Waals surface area contributed by atoms with Crippen molar-refractivity contribution in [2.24, 2.45) is 5.92 Å². The monoisotopic (exact) mass is 536 g/mol. The topological polar surface area (TPSA) is 85.4 Å². The molecule has 3 aliphatic rings. The molecule has 1 saturated heterocycles. The van der Waals surface area contributed by atoms with Crippen LogP contribution in [0.5, 0.6) is 0 Å². The number of ether oxygens (including phenoxy) is 2. The fourth-order valence-electron chi connectivity index (χ4n) is 5.05. The molecular formula is C27H32F4N4O3. The number of rotatable bonds is 9. The molecule has 2 saturated carbocycles. The van der Waals surface area contributed by atoms with Gasteiger partial charge in [-0.05, 0) is 69.1 Å². The highest BCUT2D eigenvalue weighted by Crippen LogP contribution is 2.46. The normalized spacial score (nSPS) is 20.2. The molecular weight excluding hydrogens is 504 g/mol. The van der Waals surface area contributed by atoms with Crippen LogP contribution in [0.3, 0.4) is 0 Å². The number of hydrogen-bond acceptors (Lipinski definition) is 6. The van der Waals surface area contributed by atoms with Gasteiger partial charge >= 0.3 is 6.18 Å². The molecule has 1 aliphatic heterocycles. The van der Waals surface area contributed by atoms with Gasteiger partial charge in [-0.3, -0.25) is 4.79 Å².